The molecule has 0 bridgehead atoms. The van der Waals surface area contributed by atoms with E-state index in [-0.39, 0.29) is 18.5 Å². The number of ether oxygens (including phenoxy) is 1. The van der Waals surface area contributed by atoms with E-state index in [1.165, 1.54) is 0 Å². The summed E-state index contributed by atoms with van der Waals surface area (Å²) in [5.41, 5.74) is 5.95. The number of aliphatic hydroxyl groups excluding tert-OH is 1. The molecule has 4 heterocycles. The number of fused-ring (bicyclic) bond motifs is 1. The average Bonchev–Trinajstić information content (AvgIpc) is 3.32. The van der Waals surface area contributed by atoms with Crippen LogP contribution in [0.15, 0.2) is 59.9 Å². The molecule has 9 nitrogen and oxygen atoms in total. The standard InChI is InChI=1S/C31H40N6O3/c1-6-21(4)37-18-19(2)29-24(30(39)34-17-25-27(38)13-20(3)35-31(25)40-5)14-23(15-26(29)37)22-7-8-28(33-16-22)36-11-9-32-10-12-36/h7-8,13-16,18,21,27,32,35,38H,6,9-12,17H2,1-5H3,(H,34,39)/t21-,27?/m0/s1. The highest BCUT2D eigenvalue weighted by Crippen LogP contribution is 2.34. The fourth-order valence-corrected chi connectivity index (χ4v) is 5.54. The monoisotopic (exact) mass is 544 g/mol. The van der Waals surface area contributed by atoms with Crippen molar-refractivity contribution in [2.45, 2.75) is 46.3 Å². The summed E-state index contributed by atoms with van der Waals surface area (Å²) >= 11 is 0. The molecule has 1 fully saturated rings. The molecule has 2 aromatic heterocycles. The van der Waals surface area contributed by atoms with E-state index in [9.17, 15) is 9.90 Å². The van der Waals surface area contributed by atoms with Gasteiger partial charge in [0, 0.05) is 84.5 Å². The Labute approximate surface area is 235 Å². The number of methoxy groups -OCH3 is 1. The summed E-state index contributed by atoms with van der Waals surface area (Å²) in [5.74, 6) is 1.22. The van der Waals surface area contributed by atoms with Crippen LogP contribution in [0.4, 0.5) is 5.82 Å². The molecule has 0 saturated carbocycles. The summed E-state index contributed by atoms with van der Waals surface area (Å²) in [4.78, 5) is 20.8. The topological polar surface area (TPSA) is 104 Å². The zero-order valence-electron chi connectivity index (χ0n) is 24.0. The maximum absolute atomic E-state index is 13.8. The maximum Gasteiger partial charge on any atom is 0.252 e. The highest BCUT2D eigenvalue weighted by Gasteiger charge is 2.24. The molecule has 2 aliphatic rings. The largest absolute Gasteiger partial charge is 0.482 e. The molecule has 9 heteroatoms. The van der Waals surface area contributed by atoms with Crippen LogP contribution in [-0.2, 0) is 4.74 Å². The number of hydrogen-bond donors (Lipinski definition) is 4. The number of piperazine rings is 1. The molecule has 2 atom stereocenters. The van der Waals surface area contributed by atoms with Gasteiger partial charge in [0.25, 0.3) is 5.91 Å². The van der Waals surface area contributed by atoms with Gasteiger partial charge < -0.3 is 35.3 Å². The van der Waals surface area contributed by atoms with E-state index in [4.69, 9.17) is 9.72 Å². The number of carbonyl (C=O) groups excluding carboxylic acids is 1. The van der Waals surface area contributed by atoms with E-state index in [1.807, 2.05) is 19.2 Å². The fraction of sp³-hybridized carbons (Fsp3) is 0.419. The molecule has 1 unspecified atom stereocenters. The molecule has 1 aromatic carbocycles. The zero-order chi connectivity index (χ0) is 28.4. The second-order valence-corrected chi connectivity index (χ2v) is 10.7. The van der Waals surface area contributed by atoms with Gasteiger partial charge in [0.2, 0.25) is 0 Å². The number of aliphatic hydroxyl groups is 1. The van der Waals surface area contributed by atoms with Gasteiger partial charge in [-0.25, -0.2) is 4.98 Å². The SMILES string of the molecule is CC[C@H](C)n1cc(C)c2c(C(=O)NCC3=C(OC)NC(C)=CC3O)cc(-c3ccc(N4CCNCC4)nc3)cc21. The number of dihydropyridines is 1. The molecule has 1 amide bonds. The first-order valence-electron chi connectivity index (χ1n) is 14.1. The van der Waals surface area contributed by atoms with Crippen LogP contribution in [0.2, 0.25) is 0 Å². The van der Waals surface area contributed by atoms with Crippen molar-refractivity contribution in [3.05, 3.63) is 71.0 Å². The highest BCUT2D eigenvalue weighted by atomic mass is 16.5. The summed E-state index contributed by atoms with van der Waals surface area (Å²) in [6, 6.07) is 8.56. The Morgan fingerprint density at radius 2 is 2.00 bits per heavy atom. The summed E-state index contributed by atoms with van der Waals surface area (Å²) in [7, 11) is 1.55. The van der Waals surface area contributed by atoms with E-state index < -0.39 is 6.10 Å². The molecule has 212 valence electrons. The number of hydrogen-bond acceptors (Lipinski definition) is 7. The molecule has 0 radical (unpaired) electrons. The zero-order valence-corrected chi connectivity index (χ0v) is 24.0. The van der Waals surface area contributed by atoms with E-state index in [1.54, 1.807) is 13.2 Å². The minimum absolute atomic E-state index is 0.151. The Balaban J connectivity index is 1.51. The van der Waals surface area contributed by atoms with Gasteiger partial charge in [0.15, 0.2) is 5.88 Å². The fourth-order valence-electron chi connectivity index (χ4n) is 5.54. The molecule has 3 aromatic rings. The average molecular weight is 545 g/mol. The van der Waals surface area contributed by atoms with Gasteiger partial charge in [-0.2, -0.15) is 0 Å². The number of allylic oxidation sites excluding steroid dienone is 1. The third-order valence-corrected chi connectivity index (χ3v) is 7.97. The number of benzene rings is 1. The third-order valence-electron chi connectivity index (χ3n) is 7.97. The minimum atomic E-state index is -0.837. The van der Waals surface area contributed by atoms with Crippen LogP contribution in [0, 0.1) is 6.92 Å². The van der Waals surface area contributed by atoms with Crippen LogP contribution >= 0.6 is 0 Å². The lowest BCUT2D eigenvalue weighted by molar-refractivity contribution is 0.0955. The Kier molecular flexibility index (Phi) is 8.14. The van der Waals surface area contributed by atoms with Crippen molar-refractivity contribution < 1.29 is 14.6 Å². The van der Waals surface area contributed by atoms with E-state index in [0.29, 0.717) is 17.0 Å². The van der Waals surface area contributed by atoms with Crippen LogP contribution in [-0.4, -0.2) is 66.5 Å². The Bertz CT molecular complexity index is 1450. The summed E-state index contributed by atoms with van der Waals surface area (Å²) in [6.45, 7) is 12.2. The van der Waals surface area contributed by atoms with Crippen LogP contribution < -0.4 is 20.9 Å². The van der Waals surface area contributed by atoms with Crippen molar-refractivity contribution >= 4 is 22.6 Å². The van der Waals surface area contributed by atoms with Gasteiger partial charge in [0.1, 0.15) is 11.9 Å². The lowest BCUT2D eigenvalue weighted by atomic mass is 9.98. The first-order chi connectivity index (χ1) is 19.3. The van der Waals surface area contributed by atoms with Gasteiger partial charge in [-0.1, -0.05) is 6.92 Å². The van der Waals surface area contributed by atoms with Gasteiger partial charge in [-0.05, 0) is 68.7 Å². The maximum atomic E-state index is 13.8. The van der Waals surface area contributed by atoms with Crippen molar-refractivity contribution in [1.29, 1.82) is 0 Å². The predicted octanol–water partition coefficient (Wildman–Crippen LogP) is 3.85. The number of pyridine rings is 1. The number of anilines is 1. The van der Waals surface area contributed by atoms with Crippen LogP contribution in [0.5, 0.6) is 0 Å². The van der Waals surface area contributed by atoms with Crippen LogP contribution in [0.25, 0.3) is 22.0 Å². The minimum Gasteiger partial charge on any atom is -0.482 e. The summed E-state index contributed by atoms with van der Waals surface area (Å²) in [6.07, 6.45) is 5.88. The summed E-state index contributed by atoms with van der Waals surface area (Å²) in [5, 5.41) is 21.1. The normalized spacial score (nSPS) is 18.4. The molecule has 5 rings (SSSR count). The number of rotatable bonds is 8. The van der Waals surface area contributed by atoms with Crippen LogP contribution in [0.1, 0.15) is 49.2 Å². The Hall–Kier alpha value is -3.82. The first-order valence-corrected chi connectivity index (χ1v) is 14.1. The van der Waals surface area contributed by atoms with Gasteiger partial charge in [-0.3, -0.25) is 4.79 Å². The quantitative estimate of drug-likeness (QED) is 0.342. The lowest BCUT2D eigenvalue weighted by Crippen LogP contribution is -2.43. The molecule has 0 spiro atoms. The van der Waals surface area contributed by atoms with E-state index in [0.717, 1.165) is 71.7 Å². The highest BCUT2D eigenvalue weighted by molar-refractivity contribution is 6.09. The van der Waals surface area contributed by atoms with Crippen molar-refractivity contribution in [3.8, 4) is 11.1 Å². The van der Waals surface area contributed by atoms with E-state index in [2.05, 4.69) is 70.6 Å². The van der Waals surface area contributed by atoms with Crippen molar-refractivity contribution in [2.24, 2.45) is 0 Å². The number of aryl methyl sites for hydroxylation is 1. The second-order valence-electron chi connectivity index (χ2n) is 10.7. The number of carbonyl (C=O) groups is 1. The predicted molar refractivity (Wildman–Crippen MR) is 159 cm³/mol. The molecule has 1 saturated heterocycles. The van der Waals surface area contributed by atoms with Crippen molar-refractivity contribution in [2.75, 3.05) is 44.7 Å². The molecular weight excluding hydrogens is 504 g/mol. The number of nitrogens with zero attached hydrogens (tertiary/aromatic N) is 3. The molecule has 0 aliphatic carbocycles. The van der Waals surface area contributed by atoms with Gasteiger partial charge in [-0.15, -0.1) is 0 Å². The van der Waals surface area contributed by atoms with Crippen molar-refractivity contribution in [1.82, 2.24) is 25.5 Å². The number of aromatic nitrogens is 2. The Morgan fingerprint density at radius 3 is 2.67 bits per heavy atom. The number of amides is 1. The van der Waals surface area contributed by atoms with Gasteiger partial charge in [0.05, 0.1) is 7.11 Å². The van der Waals surface area contributed by atoms with E-state index >= 15 is 0 Å². The van der Waals surface area contributed by atoms with Crippen LogP contribution in [0.3, 0.4) is 0 Å². The second kappa shape index (κ2) is 11.7. The smallest absolute Gasteiger partial charge is 0.252 e. The van der Waals surface area contributed by atoms with Crippen molar-refractivity contribution in [3.63, 3.8) is 0 Å². The lowest BCUT2D eigenvalue weighted by Gasteiger charge is -2.28. The first kappa shape index (κ1) is 27.7. The number of nitrogens with one attached hydrogen (secondary N) is 3. The third kappa shape index (κ3) is 5.44. The summed E-state index contributed by atoms with van der Waals surface area (Å²) < 4.78 is 7.71. The Morgan fingerprint density at radius 1 is 1.23 bits per heavy atom. The molecular formula is C31H40N6O3. The molecule has 40 heavy (non-hydrogen) atoms. The molecule has 4 N–H and O–H groups in total. The van der Waals surface area contributed by atoms with Gasteiger partial charge >= 0.3 is 0 Å². The molecule has 2 aliphatic heterocycles.